The van der Waals surface area contributed by atoms with Crippen molar-refractivity contribution in [1.29, 1.82) is 0 Å². The van der Waals surface area contributed by atoms with Crippen LogP contribution in [0.25, 0.3) is 11.4 Å². The molecule has 1 unspecified atom stereocenters. The zero-order valence-electron chi connectivity index (χ0n) is 12.1. The Kier molecular flexibility index (Phi) is 3.94. The number of likely N-dealkylation sites (tertiary alicyclic amines) is 1. The highest BCUT2D eigenvalue weighted by Gasteiger charge is 2.25. The molecule has 0 spiro atoms. The third-order valence-corrected chi connectivity index (χ3v) is 3.83. The first kappa shape index (κ1) is 13.7. The number of piperidine rings is 1. The lowest BCUT2D eigenvalue weighted by Gasteiger charge is -2.28. The molecule has 2 heterocycles. The summed E-state index contributed by atoms with van der Waals surface area (Å²) < 4.78 is 0. The van der Waals surface area contributed by atoms with Crippen molar-refractivity contribution in [2.75, 3.05) is 13.1 Å². The van der Waals surface area contributed by atoms with Gasteiger partial charge in [-0.05, 0) is 31.4 Å². The molecule has 1 aliphatic rings. The fourth-order valence-corrected chi connectivity index (χ4v) is 2.57. The van der Waals surface area contributed by atoms with Gasteiger partial charge in [0, 0.05) is 18.7 Å². The molecule has 6 nitrogen and oxygen atoms in total. The number of aromatic nitrogens is 4. The molecule has 1 aromatic carbocycles. The van der Waals surface area contributed by atoms with Crippen LogP contribution in [-0.2, 0) is 4.79 Å². The van der Waals surface area contributed by atoms with E-state index in [0.717, 1.165) is 31.5 Å². The Morgan fingerprint density at radius 3 is 2.57 bits per heavy atom. The van der Waals surface area contributed by atoms with Crippen molar-refractivity contribution in [3.8, 4) is 11.4 Å². The van der Waals surface area contributed by atoms with Crippen LogP contribution in [0.2, 0.25) is 0 Å². The van der Waals surface area contributed by atoms with Crippen molar-refractivity contribution < 1.29 is 4.79 Å². The van der Waals surface area contributed by atoms with Gasteiger partial charge in [-0.3, -0.25) is 4.79 Å². The average molecular weight is 285 g/mol. The molecule has 1 saturated heterocycles. The minimum absolute atomic E-state index is 0.0757. The number of benzene rings is 1. The van der Waals surface area contributed by atoms with Gasteiger partial charge >= 0.3 is 0 Å². The lowest BCUT2D eigenvalue weighted by molar-refractivity contribution is -0.135. The van der Waals surface area contributed by atoms with Crippen molar-refractivity contribution >= 4 is 5.91 Å². The molecule has 0 saturated carbocycles. The second-order valence-electron chi connectivity index (χ2n) is 5.36. The largest absolute Gasteiger partial charge is 0.341 e. The molecule has 0 radical (unpaired) electrons. The van der Waals surface area contributed by atoms with Crippen LogP contribution in [-0.4, -0.2) is 44.1 Å². The quantitative estimate of drug-likeness (QED) is 0.864. The van der Waals surface area contributed by atoms with E-state index in [1.54, 1.807) is 0 Å². The maximum absolute atomic E-state index is 12.4. The first-order valence-corrected chi connectivity index (χ1v) is 7.39. The van der Waals surface area contributed by atoms with Crippen molar-refractivity contribution in [2.24, 2.45) is 0 Å². The summed E-state index contributed by atoms with van der Waals surface area (Å²) in [6, 6.07) is 9.25. The van der Waals surface area contributed by atoms with Crippen LogP contribution >= 0.6 is 0 Å². The predicted octanol–water partition coefficient (Wildman–Crippen LogP) is 1.91. The Morgan fingerprint density at radius 2 is 1.86 bits per heavy atom. The van der Waals surface area contributed by atoms with Crippen molar-refractivity contribution in [3.05, 3.63) is 30.3 Å². The zero-order valence-corrected chi connectivity index (χ0v) is 12.1. The molecule has 21 heavy (non-hydrogen) atoms. The first-order valence-electron chi connectivity index (χ1n) is 7.39. The number of hydrogen-bond acceptors (Lipinski definition) is 4. The molecule has 0 N–H and O–H groups in total. The van der Waals surface area contributed by atoms with Gasteiger partial charge in [0.25, 0.3) is 0 Å². The highest BCUT2D eigenvalue weighted by atomic mass is 16.2. The van der Waals surface area contributed by atoms with Gasteiger partial charge in [0.2, 0.25) is 11.7 Å². The maximum Gasteiger partial charge on any atom is 0.249 e. The highest BCUT2D eigenvalue weighted by Crippen LogP contribution is 2.16. The molecule has 1 atom stereocenters. The summed E-state index contributed by atoms with van der Waals surface area (Å²) in [5.74, 6) is 0.626. The van der Waals surface area contributed by atoms with Gasteiger partial charge in [-0.1, -0.05) is 30.3 Å². The molecule has 1 aromatic heterocycles. The van der Waals surface area contributed by atoms with Crippen LogP contribution in [0.5, 0.6) is 0 Å². The van der Waals surface area contributed by atoms with Crippen LogP contribution < -0.4 is 0 Å². The van der Waals surface area contributed by atoms with Gasteiger partial charge in [-0.2, -0.15) is 4.80 Å². The highest BCUT2D eigenvalue weighted by molar-refractivity contribution is 5.79. The maximum atomic E-state index is 12.4. The molecule has 110 valence electrons. The molecule has 0 aliphatic carbocycles. The predicted molar refractivity (Wildman–Crippen MR) is 78.4 cm³/mol. The Labute approximate surface area is 123 Å². The molecule has 2 aromatic rings. The number of tetrazole rings is 1. The van der Waals surface area contributed by atoms with Gasteiger partial charge in [0.05, 0.1) is 0 Å². The van der Waals surface area contributed by atoms with Crippen LogP contribution in [0.1, 0.15) is 32.2 Å². The fraction of sp³-hybridized carbons (Fsp3) is 0.467. The van der Waals surface area contributed by atoms with E-state index < -0.39 is 6.04 Å². The van der Waals surface area contributed by atoms with Gasteiger partial charge < -0.3 is 4.90 Å². The normalized spacial score (nSPS) is 16.7. The van der Waals surface area contributed by atoms with Gasteiger partial charge in [-0.25, -0.2) is 0 Å². The van der Waals surface area contributed by atoms with E-state index in [9.17, 15) is 4.79 Å². The lowest BCUT2D eigenvalue weighted by Crippen LogP contribution is -2.40. The van der Waals surface area contributed by atoms with Crippen LogP contribution in [0, 0.1) is 0 Å². The summed E-state index contributed by atoms with van der Waals surface area (Å²) in [7, 11) is 0. The smallest absolute Gasteiger partial charge is 0.249 e. The van der Waals surface area contributed by atoms with E-state index >= 15 is 0 Å². The molecule has 1 aliphatic heterocycles. The SMILES string of the molecule is CC(C(=O)N1CCCCC1)n1nnc(-c2ccccc2)n1. The monoisotopic (exact) mass is 285 g/mol. The minimum Gasteiger partial charge on any atom is -0.341 e. The topological polar surface area (TPSA) is 63.9 Å². The van der Waals surface area contributed by atoms with Crippen LogP contribution in [0.15, 0.2) is 30.3 Å². The van der Waals surface area contributed by atoms with Gasteiger partial charge in [0.15, 0.2) is 0 Å². The fourth-order valence-electron chi connectivity index (χ4n) is 2.57. The van der Waals surface area contributed by atoms with Crippen molar-refractivity contribution in [3.63, 3.8) is 0 Å². The second kappa shape index (κ2) is 6.03. The molecule has 3 rings (SSSR count). The number of carbonyl (C=O) groups excluding carboxylic acids is 1. The van der Waals surface area contributed by atoms with E-state index in [-0.39, 0.29) is 5.91 Å². The second-order valence-corrected chi connectivity index (χ2v) is 5.36. The Morgan fingerprint density at radius 1 is 1.14 bits per heavy atom. The molecule has 0 bridgehead atoms. The number of rotatable bonds is 3. The molecular formula is C15H19N5O. The summed E-state index contributed by atoms with van der Waals surface area (Å²) in [6.07, 6.45) is 3.37. The molecular weight excluding hydrogens is 266 g/mol. The standard InChI is InChI=1S/C15H19N5O/c1-12(15(21)19-10-6-3-7-11-19)20-17-14(16-18-20)13-8-4-2-5-9-13/h2,4-5,8-9,12H,3,6-7,10-11H2,1H3. The average Bonchev–Trinajstić information content (AvgIpc) is 3.05. The zero-order chi connectivity index (χ0) is 14.7. The van der Waals surface area contributed by atoms with E-state index in [0.29, 0.717) is 5.82 Å². The summed E-state index contributed by atoms with van der Waals surface area (Å²) in [6.45, 7) is 3.50. The third kappa shape index (κ3) is 2.94. The summed E-state index contributed by atoms with van der Waals surface area (Å²) in [4.78, 5) is 15.8. The Hall–Kier alpha value is -2.24. The lowest BCUT2D eigenvalue weighted by atomic mass is 10.1. The van der Waals surface area contributed by atoms with Gasteiger partial charge in [0.1, 0.15) is 6.04 Å². The van der Waals surface area contributed by atoms with Crippen molar-refractivity contribution in [2.45, 2.75) is 32.2 Å². The third-order valence-electron chi connectivity index (χ3n) is 3.83. The minimum atomic E-state index is -0.409. The Balaban J connectivity index is 1.74. The molecule has 1 amide bonds. The van der Waals surface area contributed by atoms with Crippen molar-refractivity contribution in [1.82, 2.24) is 25.1 Å². The number of carbonyl (C=O) groups is 1. The number of nitrogens with zero attached hydrogens (tertiary/aromatic N) is 5. The molecule has 6 heteroatoms. The van der Waals surface area contributed by atoms with E-state index in [2.05, 4.69) is 15.4 Å². The van der Waals surface area contributed by atoms with Crippen LogP contribution in [0.4, 0.5) is 0 Å². The number of hydrogen-bond donors (Lipinski definition) is 0. The summed E-state index contributed by atoms with van der Waals surface area (Å²) in [5.41, 5.74) is 0.904. The first-order chi connectivity index (χ1) is 10.3. The van der Waals surface area contributed by atoms with Crippen LogP contribution in [0.3, 0.4) is 0 Å². The van der Waals surface area contributed by atoms with Gasteiger partial charge in [-0.15, -0.1) is 10.2 Å². The summed E-state index contributed by atoms with van der Waals surface area (Å²) >= 11 is 0. The summed E-state index contributed by atoms with van der Waals surface area (Å²) in [5, 5.41) is 12.4. The Bertz CT molecular complexity index is 604. The van der Waals surface area contributed by atoms with E-state index in [4.69, 9.17) is 0 Å². The van der Waals surface area contributed by atoms with E-state index in [1.165, 1.54) is 11.2 Å². The van der Waals surface area contributed by atoms with E-state index in [1.807, 2.05) is 42.2 Å². The number of amides is 1. The molecule has 1 fully saturated rings.